The summed E-state index contributed by atoms with van der Waals surface area (Å²) in [6.07, 6.45) is -0.0165. The third-order valence-electron chi connectivity index (χ3n) is 5.47. The van der Waals surface area contributed by atoms with Gasteiger partial charge in [-0.25, -0.2) is 4.79 Å². The monoisotopic (exact) mass is 386 g/mol. The molecule has 4 saturated heterocycles. The minimum atomic E-state index is -1.21. The quantitative estimate of drug-likeness (QED) is 0.748. The first-order valence-electron chi connectivity index (χ1n) is 9.64. The van der Waals surface area contributed by atoms with Gasteiger partial charge in [0.2, 0.25) is 5.79 Å². The van der Waals surface area contributed by atoms with E-state index < -0.39 is 29.6 Å². The molecule has 27 heavy (non-hydrogen) atoms. The van der Waals surface area contributed by atoms with Crippen LogP contribution >= 0.6 is 0 Å². The number of hydrogen-bond acceptors (Lipinski definition) is 8. The zero-order chi connectivity index (χ0) is 19.4. The van der Waals surface area contributed by atoms with Crippen molar-refractivity contribution in [3.05, 3.63) is 0 Å². The van der Waals surface area contributed by atoms with E-state index in [2.05, 4.69) is 0 Å². The Morgan fingerprint density at radius 2 is 1.81 bits per heavy atom. The van der Waals surface area contributed by atoms with Gasteiger partial charge in [0.05, 0.1) is 6.61 Å². The van der Waals surface area contributed by atoms with Crippen molar-refractivity contribution in [3.8, 4) is 0 Å². The molecule has 154 valence electrons. The lowest BCUT2D eigenvalue weighted by molar-refractivity contribution is -0.294. The second-order valence-corrected chi connectivity index (χ2v) is 8.68. The van der Waals surface area contributed by atoms with Crippen molar-refractivity contribution < 1.29 is 33.2 Å². The maximum absolute atomic E-state index is 12.5. The molecule has 0 aliphatic carbocycles. The smallest absolute Gasteiger partial charge is 0.409 e. The van der Waals surface area contributed by atoms with Crippen molar-refractivity contribution in [1.29, 1.82) is 0 Å². The Labute approximate surface area is 159 Å². The molecular weight excluding hydrogens is 356 g/mol. The Balaban J connectivity index is 1.46. The molecule has 2 N–H and O–H groups in total. The van der Waals surface area contributed by atoms with Crippen LogP contribution in [0.4, 0.5) is 4.79 Å². The summed E-state index contributed by atoms with van der Waals surface area (Å²) in [4.78, 5) is 14.1. The van der Waals surface area contributed by atoms with E-state index >= 15 is 0 Å². The van der Waals surface area contributed by atoms with Crippen LogP contribution < -0.4 is 5.73 Å². The Kier molecular flexibility index (Phi) is 4.68. The van der Waals surface area contributed by atoms with Gasteiger partial charge in [-0.3, -0.25) is 0 Å². The second kappa shape index (κ2) is 6.53. The molecule has 0 aromatic heterocycles. The van der Waals surface area contributed by atoms with Crippen LogP contribution in [0.15, 0.2) is 0 Å². The lowest BCUT2D eigenvalue weighted by atomic mass is 9.97. The maximum Gasteiger partial charge on any atom is 0.409 e. The van der Waals surface area contributed by atoms with E-state index in [0.29, 0.717) is 13.1 Å². The SMILES string of the molecule is CC1(C)O[C@@H]2[C@@H](CO[C@@]3(COC(=O)N4CCC(N)CC4)OC(C)(C)O[C@@H]23)O1. The predicted molar refractivity (Wildman–Crippen MR) is 92.7 cm³/mol. The molecule has 4 heterocycles. The lowest BCUT2D eigenvalue weighted by Crippen LogP contribution is -2.61. The van der Waals surface area contributed by atoms with Crippen molar-refractivity contribution in [1.82, 2.24) is 4.90 Å². The van der Waals surface area contributed by atoms with Gasteiger partial charge < -0.3 is 39.1 Å². The van der Waals surface area contributed by atoms with Crippen LogP contribution in [0.1, 0.15) is 40.5 Å². The van der Waals surface area contributed by atoms with Gasteiger partial charge in [0.25, 0.3) is 0 Å². The average molecular weight is 386 g/mol. The van der Waals surface area contributed by atoms with E-state index in [1.54, 1.807) is 18.7 Å². The summed E-state index contributed by atoms with van der Waals surface area (Å²) in [6.45, 7) is 8.71. The summed E-state index contributed by atoms with van der Waals surface area (Å²) in [5.41, 5.74) is 5.90. The number of carbonyl (C=O) groups is 1. The molecule has 0 aromatic rings. The predicted octanol–water partition coefficient (Wildman–Crippen LogP) is 0.944. The Morgan fingerprint density at radius 1 is 1.11 bits per heavy atom. The molecule has 0 unspecified atom stereocenters. The number of nitrogens with zero attached hydrogens (tertiary/aromatic N) is 1. The van der Waals surface area contributed by atoms with Crippen LogP contribution in [0, 0.1) is 0 Å². The van der Waals surface area contributed by atoms with E-state index in [4.69, 9.17) is 34.2 Å². The highest BCUT2D eigenvalue weighted by Gasteiger charge is 2.66. The number of amides is 1. The molecule has 1 amide bonds. The van der Waals surface area contributed by atoms with Crippen molar-refractivity contribution in [2.75, 3.05) is 26.3 Å². The number of piperidine rings is 1. The largest absolute Gasteiger partial charge is 0.444 e. The molecule has 0 spiro atoms. The summed E-state index contributed by atoms with van der Waals surface area (Å²) < 4.78 is 35.7. The average Bonchev–Trinajstić information content (AvgIpc) is 3.05. The lowest BCUT2D eigenvalue weighted by Gasteiger charge is -2.40. The standard InChI is InChI=1S/C18H30N2O7/c1-16(2)24-12-9-23-18(14(13(12)25-16)26-17(3,4)27-18)10-22-15(21)20-7-5-11(19)6-8-20/h11-14H,5-10,19H2,1-4H3/t12-,13-,14+,18+/m1/s1. The van der Waals surface area contributed by atoms with E-state index in [1.807, 2.05) is 13.8 Å². The molecule has 0 saturated carbocycles. The van der Waals surface area contributed by atoms with E-state index in [9.17, 15) is 4.79 Å². The summed E-state index contributed by atoms with van der Waals surface area (Å²) in [6, 6.07) is 0.144. The Bertz CT molecular complexity index is 590. The van der Waals surface area contributed by atoms with Gasteiger partial charge in [0.15, 0.2) is 18.2 Å². The van der Waals surface area contributed by atoms with Crippen molar-refractivity contribution in [3.63, 3.8) is 0 Å². The van der Waals surface area contributed by atoms with Crippen LogP contribution in [0.2, 0.25) is 0 Å². The maximum atomic E-state index is 12.5. The van der Waals surface area contributed by atoms with Crippen LogP contribution in [-0.2, 0) is 28.4 Å². The highest BCUT2D eigenvalue weighted by Crippen LogP contribution is 2.47. The molecule has 4 aliphatic rings. The fourth-order valence-electron chi connectivity index (χ4n) is 4.28. The van der Waals surface area contributed by atoms with Gasteiger partial charge in [-0.1, -0.05) is 0 Å². The molecule has 9 heteroatoms. The molecule has 4 fully saturated rings. The molecule has 4 atom stereocenters. The number of likely N-dealkylation sites (tertiary alicyclic amines) is 1. The van der Waals surface area contributed by atoms with Gasteiger partial charge in [0, 0.05) is 19.1 Å². The van der Waals surface area contributed by atoms with Crippen LogP contribution in [-0.4, -0.2) is 79.0 Å². The number of rotatable bonds is 2. The zero-order valence-electron chi connectivity index (χ0n) is 16.4. The minimum Gasteiger partial charge on any atom is -0.444 e. The fourth-order valence-corrected chi connectivity index (χ4v) is 4.28. The van der Waals surface area contributed by atoms with Gasteiger partial charge in [-0.05, 0) is 40.5 Å². The molecular formula is C18H30N2O7. The van der Waals surface area contributed by atoms with E-state index in [0.717, 1.165) is 12.8 Å². The number of nitrogens with two attached hydrogens (primary N) is 1. The molecule has 4 aliphatic heterocycles. The van der Waals surface area contributed by atoms with Gasteiger partial charge in [-0.15, -0.1) is 0 Å². The van der Waals surface area contributed by atoms with E-state index in [-0.39, 0.29) is 31.5 Å². The number of ether oxygens (including phenoxy) is 6. The molecule has 0 aromatic carbocycles. The fraction of sp³-hybridized carbons (Fsp3) is 0.944. The van der Waals surface area contributed by atoms with Gasteiger partial charge in [0.1, 0.15) is 18.3 Å². The van der Waals surface area contributed by atoms with Crippen LogP contribution in [0.3, 0.4) is 0 Å². The van der Waals surface area contributed by atoms with E-state index in [1.165, 1.54) is 0 Å². The summed E-state index contributed by atoms with van der Waals surface area (Å²) >= 11 is 0. The van der Waals surface area contributed by atoms with Crippen molar-refractivity contribution in [2.24, 2.45) is 5.73 Å². The van der Waals surface area contributed by atoms with Crippen molar-refractivity contribution >= 4 is 6.09 Å². The Morgan fingerprint density at radius 3 is 2.52 bits per heavy atom. The summed E-state index contributed by atoms with van der Waals surface area (Å²) in [7, 11) is 0. The second-order valence-electron chi connectivity index (χ2n) is 8.68. The highest BCUT2D eigenvalue weighted by atomic mass is 16.9. The first kappa shape index (κ1) is 19.4. The number of carbonyl (C=O) groups excluding carboxylic acids is 1. The third kappa shape index (κ3) is 3.68. The first-order valence-corrected chi connectivity index (χ1v) is 9.64. The molecule has 9 nitrogen and oxygen atoms in total. The Hall–Kier alpha value is -0.970. The number of hydrogen-bond donors (Lipinski definition) is 1. The minimum absolute atomic E-state index is 0.0739. The topological polar surface area (TPSA) is 102 Å². The first-order chi connectivity index (χ1) is 12.6. The van der Waals surface area contributed by atoms with Crippen molar-refractivity contribution in [2.45, 2.75) is 82.3 Å². The summed E-state index contributed by atoms with van der Waals surface area (Å²) in [5.74, 6) is -2.83. The zero-order valence-corrected chi connectivity index (χ0v) is 16.4. The van der Waals surface area contributed by atoms with Crippen LogP contribution in [0.25, 0.3) is 0 Å². The normalized spacial score (nSPS) is 40.5. The van der Waals surface area contributed by atoms with Gasteiger partial charge in [-0.2, -0.15) is 0 Å². The van der Waals surface area contributed by atoms with Crippen LogP contribution in [0.5, 0.6) is 0 Å². The summed E-state index contributed by atoms with van der Waals surface area (Å²) in [5, 5.41) is 0. The molecule has 4 rings (SSSR count). The third-order valence-corrected chi connectivity index (χ3v) is 5.47. The van der Waals surface area contributed by atoms with Gasteiger partial charge >= 0.3 is 6.09 Å². The molecule has 0 bridgehead atoms. The number of fused-ring (bicyclic) bond motifs is 3. The molecule has 0 radical (unpaired) electrons. The highest BCUT2D eigenvalue weighted by molar-refractivity contribution is 5.67.